The van der Waals surface area contributed by atoms with Gasteiger partial charge in [-0.25, -0.2) is 0 Å². The van der Waals surface area contributed by atoms with Crippen LogP contribution in [0.5, 0.6) is 0 Å². The van der Waals surface area contributed by atoms with Crippen molar-refractivity contribution in [2.75, 3.05) is 33.4 Å². The van der Waals surface area contributed by atoms with Crippen molar-refractivity contribution in [1.29, 1.82) is 0 Å². The van der Waals surface area contributed by atoms with E-state index in [1.165, 1.54) is 8.61 Å². The molecule has 1 fully saturated rings. The molecule has 0 aromatic carbocycles. The fourth-order valence-corrected chi connectivity index (χ4v) is 4.26. The van der Waals surface area contributed by atoms with Gasteiger partial charge >= 0.3 is 0 Å². The average molecular weight is 355 g/mol. The normalized spacial score (nSPS) is 18.4. The number of ether oxygens (including phenoxy) is 1. The Bertz CT molecular complexity index is 497. The first-order valence-electron chi connectivity index (χ1n) is 5.52. The Labute approximate surface area is 120 Å². The quantitative estimate of drug-likeness (QED) is 0.823. The molecule has 1 saturated heterocycles. The van der Waals surface area contributed by atoms with E-state index in [9.17, 15) is 8.42 Å². The van der Waals surface area contributed by atoms with Crippen LogP contribution in [0.2, 0.25) is 0 Å². The summed E-state index contributed by atoms with van der Waals surface area (Å²) >= 11 is 4.93. The van der Waals surface area contributed by atoms with E-state index >= 15 is 0 Å². The first kappa shape index (κ1) is 14.4. The summed E-state index contributed by atoms with van der Waals surface area (Å²) in [6.45, 7) is 2.19. The maximum absolute atomic E-state index is 12.3. The van der Waals surface area contributed by atoms with Gasteiger partial charge in [-0.2, -0.15) is 17.0 Å². The molecule has 0 bridgehead atoms. The van der Waals surface area contributed by atoms with Crippen molar-refractivity contribution < 1.29 is 13.2 Å². The summed E-state index contributed by atoms with van der Waals surface area (Å²) in [5.41, 5.74) is 0.992. The van der Waals surface area contributed by atoms with Crippen LogP contribution in [0.25, 0.3) is 0 Å². The van der Waals surface area contributed by atoms with Gasteiger partial charge in [0, 0.05) is 26.7 Å². The zero-order chi connectivity index (χ0) is 13.2. The van der Waals surface area contributed by atoms with Crippen molar-refractivity contribution in [3.63, 3.8) is 0 Å². The van der Waals surface area contributed by atoms with Crippen LogP contribution in [-0.4, -0.2) is 50.4 Å². The molecule has 1 aromatic rings. The van der Waals surface area contributed by atoms with Crippen molar-refractivity contribution in [3.05, 3.63) is 20.8 Å². The molecule has 102 valence electrons. The van der Waals surface area contributed by atoms with Gasteiger partial charge in [-0.1, -0.05) is 0 Å². The van der Waals surface area contributed by atoms with Crippen LogP contribution >= 0.6 is 27.3 Å². The number of nitrogens with zero attached hydrogens (tertiary/aromatic N) is 2. The number of hydrogen-bond donors (Lipinski definition) is 0. The van der Waals surface area contributed by atoms with E-state index in [1.807, 2.05) is 11.4 Å². The predicted molar refractivity (Wildman–Crippen MR) is 74.8 cm³/mol. The average Bonchev–Trinajstić information content (AvgIpc) is 2.76. The molecule has 2 rings (SSSR count). The van der Waals surface area contributed by atoms with Gasteiger partial charge in [-0.15, -0.1) is 11.3 Å². The maximum Gasteiger partial charge on any atom is 0.282 e. The lowest BCUT2D eigenvalue weighted by atomic mass is 10.3. The summed E-state index contributed by atoms with van der Waals surface area (Å²) in [7, 11) is -1.77. The Kier molecular flexibility index (Phi) is 4.79. The first-order valence-corrected chi connectivity index (χ1v) is 8.59. The second-order valence-electron chi connectivity index (χ2n) is 4.03. The highest BCUT2D eigenvalue weighted by molar-refractivity contribution is 9.11. The zero-order valence-corrected chi connectivity index (χ0v) is 13.2. The van der Waals surface area contributed by atoms with Gasteiger partial charge in [0.1, 0.15) is 0 Å². The molecular weight excluding hydrogens is 340 g/mol. The standard InChI is InChI=1S/C10H15BrN2O3S2/c1-12(7-9-6-10(11)17-8-9)18(14,15)13-2-4-16-5-3-13/h6,8H,2-5,7H2,1H3. The summed E-state index contributed by atoms with van der Waals surface area (Å²) in [5, 5.41) is 1.95. The number of morpholine rings is 1. The van der Waals surface area contributed by atoms with Crippen molar-refractivity contribution in [1.82, 2.24) is 8.61 Å². The molecule has 1 aromatic heterocycles. The molecule has 18 heavy (non-hydrogen) atoms. The lowest BCUT2D eigenvalue weighted by Gasteiger charge is -2.30. The lowest BCUT2D eigenvalue weighted by Crippen LogP contribution is -2.46. The third-order valence-corrected chi connectivity index (χ3v) is 6.21. The monoisotopic (exact) mass is 354 g/mol. The second-order valence-corrected chi connectivity index (χ2v) is 8.36. The molecular formula is C10H15BrN2O3S2. The van der Waals surface area contributed by atoms with Gasteiger partial charge in [-0.05, 0) is 32.9 Å². The van der Waals surface area contributed by atoms with Gasteiger partial charge in [-0.3, -0.25) is 0 Å². The summed E-state index contributed by atoms with van der Waals surface area (Å²) in [6.07, 6.45) is 0. The SMILES string of the molecule is CN(Cc1csc(Br)c1)S(=O)(=O)N1CCOCC1. The van der Waals surface area contributed by atoms with Crippen molar-refractivity contribution in [2.45, 2.75) is 6.54 Å². The van der Waals surface area contributed by atoms with E-state index in [1.54, 1.807) is 18.4 Å². The van der Waals surface area contributed by atoms with Crippen LogP contribution < -0.4 is 0 Å². The van der Waals surface area contributed by atoms with E-state index in [2.05, 4.69) is 15.9 Å². The third-order valence-electron chi connectivity index (χ3n) is 2.72. The Morgan fingerprint density at radius 1 is 1.50 bits per heavy atom. The smallest absolute Gasteiger partial charge is 0.282 e. The Hall–Kier alpha value is 0.01000. The highest BCUT2D eigenvalue weighted by atomic mass is 79.9. The molecule has 5 nitrogen and oxygen atoms in total. The molecule has 0 radical (unpaired) electrons. The van der Waals surface area contributed by atoms with Crippen molar-refractivity contribution >= 4 is 37.5 Å². The van der Waals surface area contributed by atoms with E-state index in [0.29, 0.717) is 32.8 Å². The van der Waals surface area contributed by atoms with Crippen LogP contribution in [-0.2, 0) is 21.5 Å². The predicted octanol–water partition coefficient (Wildman–Crippen LogP) is 1.52. The molecule has 1 aliphatic heterocycles. The number of hydrogen-bond acceptors (Lipinski definition) is 4. The molecule has 8 heteroatoms. The van der Waals surface area contributed by atoms with Crippen molar-refractivity contribution in [3.8, 4) is 0 Å². The second kappa shape index (κ2) is 5.98. The van der Waals surface area contributed by atoms with Gasteiger partial charge in [0.2, 0.25) is 0 Å². The molecule has 0 N–H and O–H groups in total. The Morgan fingerprint density at radius 3 is 2.72 bits per heavy atom. The fraction of sp³-hybridized carbons (Fsp3) is 0.600. The van der Waals surface area contributed by atoms with Crippen molar-refractivity contribution in [2.24, 2.45) is 0 Å². The van der Waals surface area contributed by atoms with Crippen LogP contribution in [0.4, 0.5) is 0 Å². The Morgan fingerprint density at radius 2 is 2.17 bits per heavy atom. The molecule has 0 atom stereocenters. The molecule has 1 aliphatic rings. The minimum absolute atomic E-state index is 0.391. The van der Waals surface area contributed by atoms with Crippen LogP contribution in [0, 0.1) is 0 Å². The highest BCUT2D eigenvalue weighted by Crippen LogP contribution is 2.22. The largest absolute Gasteiger partial charge is 0.379 e. The maximum atomic E-state index is 12.3. The number of thiophene rings is 1. The van der Waals surface area contributed by atoms with E-state index < -0.39 is 10.2 Å². The summed E-state index contributed by atoms with van der Waals surface area (Å²) in [5.74, 6) is 0. The van der Waals surface area contributed by atoms with Gasteiger partial charge in [0.25, 0.3) is 10.2 Å². The lowest BCUT2D eigenvalue weighted by molar-refractivity contribution is 0.0705. The summed E-state index contributed by atoms with van der Waals surface area (Å²) in [4.78, 5) is 0. The van der Waals surface area contributed by atoms with E-state index in [4.69, 9.17) is 4.74 Å². The summed E-state index contributed by atoms with van der Waals surface area (Å²) < 4.78 is 33.6. The van der Waals surface area contributed by atoms with Gasteiger partial charge < -0.3 is 4.74 Å². The molecule has 0 unspecified atom stereocenters. The van der Waals surface area contributed by atoms with Crippen LogP contribution in [0.15, 0.2) is 15.2 Å². The number of halogens is 1. The van der Waals surface area contributed by atoms with Gasteiger partial charge in [0.05, 0.1) is 17.0 Å². The minimum atomic E-state index is -3.37. The fourth-order valence-electron chi connectivity index (χ4n) is 1.74. The van der Waals surface area contributed by atoms with E-state index in [0.717, 1.165) is 9.35 Å². The summed E-state index contributed by atoms with van der Waals surface area (Å²) in [6, 6.07) is 1.94. The van der Waals surface area contributed by atoms with Crippen LogP contribution in [0.1, 0.15) is 5.56 Å². The highest BCUT2D eigenvalue weighted by Gasteiger charge is 2.28. The Balaban J connectivity index is 2.04. The minimum Gasteiger partial charge on any atom is -0.379 e. The molecule has 0 saturated carbocycles. The zero-order valence-electron chi connectivity index (χ0n) is 10.0. The third kappa shape index (κ3) is 3.31. The molecule has 2 heterocycles. The molecule has 0 spiro atoms. The topological polar surface area (TPSA) is 49.9 Å². The molecule has 0 aliphatic carbocycles. The first-order chi connectivity index (χ1) is 8.50. The molecule has 0 amide bonds. The van der Waals surface area contributed by atoms with E-state index in [-0.39, 0.29) is 0 Å². The van der Waals surface area contributed by atoms with Crippen LogP contribution in [0.3, 0.4) is 0 Å². The van der Waals surface area contributed by atoms with Gasteiger partial charge in [0.15, 0.2) is 0 Å². The number of rotatable bonds is 4.